The Labute approximate surface area is 127 Å². The molecule has 0 bridgehead atoms. The summed E-state index contributed by atoms with van der Waals surface area (Å²) in [7, 11) is 0. The van der Waals surface area contributed by atoms with Crippen molar-refractivity contribution in [2.24, 2.45) is 5.92 Å². The zero-order valence-electron chi connectivity index (χ0n) is 13.5. The van der Waals surface area contributed by atoms with Crippen molar-refractivity contribution >= 4 is 5.91 Å². The Bertz CT molecular complexity index is 494. The highest BCUT2D eigenvalue weighted by atomic mass is 16.5. The third-order valence-electron chi connectivity index (χ3n) is 4.02. The van der Waals surface area contributed by atoms with E-state index in [9.17, 15) is 4.79 Å². The molecule has 1 atom stereocenters. The van der Waals surface area contributed by atoms with E-state index in [0.717, 1.165) is 31.9 Å². The van der Waals surface area contributed by atoms with Gasteiger partial charge in [0.05, 0.1) is 0 Å². The second-order valence-corrected chi connectivity index (χ2v) is 6.10. The van der Waals surface area contributed by atoms with Crippen LogP contribution in [0.5, 0.6) is 5.75 Å². The standard InChI is InChI=1S/C17H26N2O2/c1-12(2)16(17(20)19-9-7-18-8-10-19)21-15-6-5-13(3)14(4)11-15/h5-6,11-12,16,18H,7-10H2,1-4H3. The average molecular weight is 290 g/mol. The van der Waals surface area contributed by atoms with Gasteiger partial charge in [0.15, 0.2) is 6.10 Å². The van der Waals surface area contributed by atoms with E-state index in [1.54, 1.807) is 0 Å². The minimum Gasteiger partial charge on any atom is -0.480 e. The number of rotatable bonds is 4. The van der Waals surface area contributed by atoms with Crippen LogP contribution in [0.3, 0.4) is 0 Å². The highest BCUT2D eigenvalue weighted by molar-refractivity contribution is 5.81. The lowest BCUT2D eigenvalue weighted by molar-refractivity contribution is -0.141. The number of amides is 1. The van der Waals surface area contributed by atoms with Crippen molar-refractivity contribution in [2.75, 3.05) is 26.2 Å². The first kappa shape index (κ1) is 15.8. The molecule has 2 rings (SSSR count). The molecule has 1 aromatic rings. The van der Waals surface area contributed by atoms with E-state index in [1.165, 1.54) is 11.1 Å². The first-order valence-electron chi connectivity index (χ1n) is 7.72. The molecule has 4 nitrogen and oxygen atoms in total. The van der Waals surface area contributed by atoms with E-state index < -0.39 is 6.10 Å². The molecule has 0 saturated carbocycles. The quantitative estimate of drug-likeness (QED) is 0.924. The summed E-state index contributed by atoms with van der Waals surface area (Å²) in [6, 6.07) is 6.00. The van der Waals surface area contributed by atoms with E-state index in [4.69, 9.17) is 4.74 Å². The summed E-state index contributed by atoms with van der Waals surface area (Å²) in [6.07, 6.45) is -0.412. The van der Waals surface area contributed by atoms with Gasteiger partial charge in [0.2, 0.25) is 0 Å². The number of nitrogens with one attached hydrogen (secondary N) is 1. The second-order valence-electron chi connectivity index (χ2n) is 6.10. The molecule has 4 heteroatoms. The van der Waals surface area contributed by atoms with Crippen LogP contribution in [0.2, 0.25) is 0 Å². The van der Waals surface area contributed by atoms with Crippen LogP contribution in [0.4, 0.5) is 0 Å². The van der Waals surface area contributed by atoms with E-state index in [0.29, 0.717) is 0 Å². The molecule has 1 heterocycles. The highest BCUT2D eigenvalue weighted by Gasteiger charge is 2.29. The molecule has 1 unspecified atom stereocenters. The lowest BCUT2D eigenvalue weighted by Gasteiger charge is -2.32. The molecule has 116 valence electrons. The number of benzene rings is 1. The Hall–Kier alpha value is -1.55. The Morgan fingerprint density at radius 2 is 1.86 bits per heavy atom. The Balaban J connectivity index is 2.10. The number of carbonyl (C=O) groups excluding carboxylic acids is 1. The van der Waals surface area contributed by atoms with Gasteiger partial charge < -0.3 is 15.0 Å². The van der Waals surface area contributed by atoms with Gasteiger partial charge in [-0.25, -0.2) is 0 Å². The fraction of sp³-hybridized carbons (Fsp3) is 0.588. The SMILES string of the molecule is Cc1ccc(OC(C(=O)N2CCNCC2)C(C)C)cc1C. The summed E-state index contributed by atoms with van der Waals surface area (Å²) in [5.74, 6) is 1.03. The van der Waals surface area contributed by atoms with Gasteiger partial charge in [-0.3, -0.25) is 4.79 Å². The zero-order valence-corrected chi connectivity index (χ0v) is 13.5. The molecule has 0 radical (unpaired) electrons. The van der Waals surface area contributed by atoms with Crippen molar-refractivity contribution in [3.63, 3.8) is 0 Å². The molecule has 0 aromatic heterocycles. The lowest BCUT2D eigenvalue weighted by atomic mass is 10.0. The summed E-state index contributed by atoms with van der Waals surface area (Å²) < 4.78 is 6.02. The maximum absolute atomic E-state index is 12.7. The normalized spacial score (nSPS) is 16.9. The Morgan fingerprint density at radius 1 is 1.19 bits per heavy atom. The number of carbonyl (C=O) groups is 1. The van der Waals surface area contributed by atoms with Crippen molar-refractivity contribution in [2.45, 2.75) is 33.8 Å². The smallest absolute Gasteiger partial charge is 0.263 e. The number of ether oxygens (including phenoxy) is 1. The van der Waals surface area contributed by atoms with E-state index >= 15 is 0 Å². The van der Waals surface area contributed by atoms with Crippen LogP contribution < -0.4 is 10.1 Å². The molecular weight excluding hydrogens is 264 g/mol. The largest absolute Gasteiger partial charge is 0.480 e. The molecular formula is C17H26N2O2. The number of nitrogens with zero attached hydrogens (tertiary/aromatic N) is 1. The van der Waals surface area contributed by atoms with Crippen LogP contribution >= 0.6 is 0 Å². The topological polar surface area (TPSA) is 41.6 Å². The monoisotopic (exact) mass is 290 g/mol. The summed E-state index contributed by atoms with van der Waals surface area (Å²) in [6.45, 7) is 11.4. The van der Waals surface area contributed by atoms with Crippen molar-refractivity contribution in [1.29, 1.82) is 0 Å². The number of piperazine rings is 1. The molecule has 1 aliphatic heterocycles. The van der Waals surface area contributed by atoms with Gasteiger partial charge in [-0.2, -0.15) is 0 Å². The predicted molar refractivity (Wildman–Crippen MR) is 84.6 cm³/mol. The van der Waals surface area contributed by atoms with E-state index in [2.05, 4.69) is 19.2 Å². The predicted octanol–water partition coefficient (Wildman–Crippen LogP) is 2.14. The van der Waals surface area contributed by atoms with Crippen LogP contribution in [0.15, 0.2) is 18.2 Å². The van der Waals surface area contributed by atoms with Crippen LogP contribution in [0.25, 0.3) is 0 Å². The average Bonchev–Trinajstić information content (AvgIpc) is 2.48. The maximum Gasteiger partial charge on any atom is 0.263 e. The van der Waals surface area contributed by atoms with E-state index in [1.807, 2.05) is 36.9 Å². The Morgan fingerprint density at radius 3 is 2.43 bits per heavy atom. The van der Waals surface area contributed by atoms with Gasteiger partial charge in [0.25, 0.3) is 5.91 Å². The van der Waals surface area contributed by atoms with Gasteiger partial charge >= 0.3 is 0 Å². The van der Waals surface area contributed by atoms with Crippen LogP contribution in [-0.4, -0.2) is 43.1 Å². The minimum atomic E-state index is -0.412. The number of hydrogen-bond acceptors (Lipinski definition) is 3. The summed E-state index contributed by atoms with van der Waals surface area (Å²) >= 11 is 0. The molecule has 1 amide bonds. The molecule has 1 aromatic carbocycles. The fourth-order valence-corrected chi connectivity index (χ4v) is 2.47. The summed E-state index contributed by atoms with van der Waals surface area (Å²) in [4.78, 5) is 14.6. The minimum absolute atomic E-state index is 0.102. The van der Waals surface area contributed by atoms with Crippen molar-refractivity contribution in [3.8, 4) is 5.75 Å². The molecule has 1 N–H and O–H groups in total. The molecule has 1 aliphatic rings. The first-order chi connectivity index (χ1) is 9.99. The molecule has 1 fully saturated rings. The van der Waals surface area contributed by atoms with Gasteiger partial charge in [-0.15, -0.1) is 0 Å². The zero-order chi connectivity index (χ0) is 15.4. The van der Waals surface area contributed by atoms with Gasteiger partial charge in [0, 0.05) is 26.2 Å². The van der Waals surface area contributed by atoms with Gasteiger partial charge in [-0.1, -0.05) is 19.9 Å². The summed E-state index contributed by atoms with van der Waals surface area (Å²) in [5.41, 5.74) is 2.42. The number of hydrogen-bond donors (Lipinski definition) is 1. The van der Waals surface area contributed by atoms with Crippen molar-refractivity contribution < 1.29 is 9.53 Å². The van der Waals surface area contributed by atoms with Crippen LogP contribution in [0.1, 0.15) is 25.0 Å². The van der Waals surface area contributed by atoms with Gasteiger partial charge in [-0.05, 0) is 43.0 Å². The molecule has 21 heavy (non-hydrogen) atoms. The lowest BCUT2D eigenvalue weighted by Crippen LogP contribution is -2.52. The van der Waals surface area contributed by atoms with Gasteiger partial charge in [0.1, 0.15) is 5.75 Å². The fourth-order valence-electron chi connectivity index (χ4n) is 2.47. The molecule has 0 aliphatic carbocycles. The van der Waals surface area contributed by atoms with Crippen LogP contribution in [0, 0.1) is 19.8 Å². The number of aryl methyl sites for hydroxylation is 2. The van der Waals surface area contributed by atoms with Crippen molar-refractivity contribution in [1.82, 2.24) is 10.2 Å². The molecule has 0 spiro atoms. The molecule has 1 saturated heterocycles. The van der Waals surface area contributed by atoms with Crippen molar-refractivity contribution in [3.05, 3.63) is 29.3 Å². The van der Waals surface area contributed by atoms with Crippen LogP contribution in [-0.2, 0) is 4.79 Å². The van der Waals surface area contributed by atoms with E-state index in [-0.39, 0.29) is 11.8 Å². The maximum atomic E-state index is 12.7. The third kappa shape index (κ3) is 3.97. The second kappa shape index (κ2) is 6.94. The Kier molecular flexibility index (Phi) is 5.23. The third-order valence-corrected chi connectivity index (χ3v) is 4.02. The highest BCUT2D eigenvalue weighted by Crippen LogP contribution is 2.21. The first-order valence-corrected chi connectivity index (χ1v) is 7.72. The summed E-state index contributed by atoms with van der Waals surface area (Å²) in [5, 5.41) is 3.27.